The van der Waals surface area contributed by atoms with E-state index in [2.05, 4.69) is 13.8 Å². The van der Waals surface area contributed by atoms with E-state index in [9.17, 15) is 16.8 Å². The minimum absolute atomic E-state index is 0.140. The zero-order chi connectivity index (χ0) is 35.0. The van der Waals surface area contributed by atoms with Crippen molar-refractivity contribution >= 4 is 20.2 Å². The van der Waals surface area contributed by atoms with Crippen molar-refractivity contribution in [2.45, 2.75) is 155 Å². The van der Waals surface area contributed by atoms with Crippen LogP contribution in [0.5, 0.6) is 0 Å². The van der Waals surface area contributed by atoms with Crippen molar-refractivity contribution in [3.8, 4) is 0 Å². The van der Waals surface area contributed by atoms with E-state index in [0.29, 0.717) is 26.4 Å². The van der Waals surface area contributed by atoms with E-state index < -0.39 is 25.7 Å². The molecule has 0 atom stereocenters. The molecular formula is C35H72O10S2. The Labute approximate surface area is 289 Å². The minimum Gasteiger partial charge on any atom is -0.381 e. The molecule has 2 N–H and O–H groups in total. The SMILES string of the molecule is CCCCCCCCCCCCOCC(COCCCCCCCCCCCC)(COCCCS(=O)(=O)O)COCCCS(=O)(=O)O. The van der Waals surface area contributed by atoms with Crippen LogP contribution in [0.3, 0.4) is 0 Å². The number of hydrogen-bond donors (Lipinski definition) is 2. The number of rotatable bonds is 38. The van der Waals surface area contributed by atoms with Crippen LogP contribution in [-0.4, -0.2) is 90.3 Å². The molecule has 0 amide bonds. The summed E-state index contributed by atoms with van der Waals surface area (Å²) in [5.74, 6) is -0.757. The average molecular weight is 717 g/mol. The van der Waals surface area contributed by atoms with Gasteiger partial charge in [0.25, 0.3) is 20.2 Å². The fraction of sp³-hybridized carbons (Fsp3) is 1.00. The van der Waals surface area contributed by atoms with Crippen LogP contribution in [0, 0.1) is 5.41 Å². The molecule has 0 saturated heterocycles. The van der Waals surface area contributed by atoms with Crippen LogP contribution in [0.25, 0.3) is 0 Å². The first-order valence-electron chi connectivity index (χ1n) is 18.7. The molecule has 0 aliphatic heterocycles. The van der Waals surface area contributed by atoms with Crippen molar-refractivity contribution in [3.05, 3.63) is 0 Å². The smallest absolute Gasteiger partial charge is 0.264 e. The standard InChI is InChI=1S/C35H72O10S2/c1-3-5-7-9-11-13-15-17-19-21-25-42-31-35(33-44-27-23-29-46(36,37)38,34-45-28-24-30-47(39,40)41)32-43-26-22-20-18-16-14-12-10-8-6-4-2/h3-34H2,1-2H3,(H,36,37,38)(H,39,40,41). The average Bonchev–Trinajstić information content (AvgIpc) is 3.00. The molecule has 0 aromatic rings. The first kappa shape index (κ1) is 46.7. The number of hydrogen-bond acceptors (Lipinski definition) is 8. The zero-order valence-electron chi connectivity index (χ0n) is 30.1. The van der Waals surface area contributed by atoms with Crippen molar-refractivity contribution in [1.82, 2.24) is 0 Å². The zero-order valence-corrected chi connectivity index (χ0v) is 31.7. The lowest BCUT2D eigenvalue weighted by Gasteiger charge is -2.33. The predicted molar refractivity (Wildman–Crippen MR) is 191 cm³/mol. The van der Waals surface area contributed by atoms with Gasteiger partial charge in [-0.05, 0) is 25.7 Å². The third-order valence-corrected chi connectivity index (χ3v) is 9.91. The summed E-state index contributed by atoms with van der Waals surface area (Å²) in [5, 5.41) is 0. The van der Waals surface area contributed by atoms with Gasteiger partial charge in [0, 0.05) is 26.4 Å². The molecule has 47 heavy (non-hydrogen) atoms. The van der Waals surface area contributed by atoms with Crippen LogP contribution >= 0.6 is 0 Å². The highest BCUT2D eigenvalue weighted by Gasteiger charge is 2.32. The third kappa shape index (κ3) is 35.3. The second kappa shape index (κ2) is 31.6. The van der Waals surface area contributed by atoms with E-state index in [0.717, 1.165) is 25.7 Å². The normalized spacial score (nSPS) is 12.7. The first-order chi connectivity index (χ1) is 22.5. The van der Waals surface area contributed by atoms with E-state index in [1.54, 1.807) is 0 Å². The predicted octanol–water partition coefficient (Wildman–Crippen LogP) is 8.44. The Kier molecular flexibility index (Phi) is 31.4. The summed E-state index contributed by atoms with van der Waals surface area (Å²) >= 11 is 0. The van der Waals surface area contributed by atoms with Crippen molar-refractivity contribution in [3.63, 3.8) is 0 Å². The van der Waals surface area contributed by atoms with Crippen molar-refractivity contribution in [2.75, 3.05) is 64.4 Å². The molecule has 0 aromatic carbocycles. The molecule has 0 bridgehead atoms. The first-order valence-corrected chi connectivity index (χ1v) is 22.0. The Hall–Kier alpha value is -0.340. The molecule has 0 radical (unpaired) electrons. The maximum Gasteiger partial charge on any atom is 0.264 e. The Bertz CT molecular complexity index is 809. The largest absolute Gasteiger partial charge is 0.381 e. The van der Waals surface area contributed by atoms with Gasteiger partial charge in [-0.1, -0.05) is 129 Å². The van der Waals surface area contributed by atoms with Crippen LogP contribution in [0.2, 0.25) is 0 Å². The third-order valence-electron chi connectivity index (χ3n) is 8.30. The lowest BCUT2D eigenvalue weighted by Crippen LogP contribution is -2.42. The van der Waals surface area contributed by atoms with Gasteiger partial charge in [-0.3, -0.25) is 9.11 Å². The Morgan fingerprint density at radius 2 is 0.617 bits per heavy atom. The molecule has 0 heterocycles. The van der Waals surface area contributed by atoms with Gasteiger partial charge in [-0.2, -0.15) is 16.8 Å². The summed E-state index contributed by atoms with van der Waals surface area (Å²) in [4.78, 5) is 0. The summed E-state index contributed by atoms with van der Waals surface area (Å²) in [6.45, 7) is 6.99. The van der Waals surface area contributed by atoms with E-state index in [-0.39, 0.29) is 50.8 Å². The van der Waals surface area contributed by atoms with E-state index in [1.165, 1.54) is 103 Å². The van der Waals surface area contributed by atoms with Gasteiger partial charge in [-0.15, -0.1) is 0 Å². The van der Waals surface area contributed by atoms with Gasteiger partial charge in [-0.25, -0.2) is 0 Å². The summed E-state index contributed by atoms with van der Waals surface area (Å²) in [6.07, 6.45) is 25.0. The van der Waals surface area contributed by atoms with Gasteiger partial charge in [0.15, 0.2) is 0 Å². The molecule has 0 aromatic heterocycles. The molecule has 0 saturated carbocycles. The van der Waals surface area contributed by atoms with Crippen molar-refractivity contribution < 1.29 is 44.9 Å². The quantitative estimate of drug-likeness (QED) is 0.0472. The molecule has 0 fully saturated rings. The molecule has 284 valence electrons. The second-order valence-corrected chi connectivity index (χ2v) is 16.5. The van der Waals surface area contributed by atoms with Gasteiger partial charge in [0.2, 0.25) is 0 Å². The number of unbranched alkanes of at least 4 members (excludes halogenated alkanes) is 18. The van der Waals surface area contributed by atoms with Crippen LogP contribution in [0.1, 0.15) is 155 Å². The lowest BCUT2D eigenvalue weighted by atomic mass is 9.92. The highest BCUT2D eigenvalue weighted by molar-refractivity contribution is 7.86. The Morgan fingerprint density at radius 3 is 0.872 bits per heavy atom. The van der Waals surface area contributed by atoms with Gasteiger partial charge < -0.3 is 18.9 Å². The Morgan fingerprint density at radius 1 is 0.383 bits per heavy atom. The molecule has 10 nitrogen and oxygen atoms in total. The van der Waals surface area contributed by atoms with Crippen molar-refractivity contribution in [1.29, 1.82) is 0 Å². The topological polar surface area (TPSA) is 146 Å². The van der Waals surface area contributed by atoms with Gasteiger partial charge in [0.05, 0.1) is 43.3 Å². The fourth-order valence-electron chi connectivity index (χ4n) is 5.47. The molecule has 0 aliphatic rings. The van der Waals surface area contributed by atoms with Crippen LogP contribution in [-0.2, 0) is 39.2 Å². The summed E-state index contributed by atoms with van der Waals surface area (Å²) in [7, 11) is -8.13. The molecular weight excluding hydrogens is 645 g/mol. The van der Waals surface area contributed by atoms with Gasteiger partial charge >= 0.3 is 0 Å². The maximum atomic E-state index is 11.1. The molecule has 0 aliphatic carbocycles. The summed E-state index contributed by atoms with van der Waals surface area (Å²) in [5.41, 5.74) is -0.673. The van der Waals surface area contributed by atoms with E-state index in [4.69, 9.17) is 28.1 Å². The summed E-state index contributed by atoms with van der Waals surface area (Å²) < 4.78 is 86.6. The molecule has 12 heteroatoms. The summed E-state index contributed by atoms with van der Waals surface area (Å²) in [6, 6.07) is 0. The van der Waals surface area contributed by atoms with Crippen LogP contribution in [0.15, 0.2) is 0 Å². The lowest BCUT2D eigenvalue weighted by molar-refractivity contribution is -0.107. The maximum absolute atomic E-state index is 11.1. The molecule has 0 spiro atoms. The van der Waals surface area contributed by atoms with E-state index in [1.807, 2.05) is 0 Å². The van der Waals surface area contributed by atoms with E-state index >= 15 is 0 Å². The molecule has 0 rings (SSSR count). The second-order valence-electron chi connectivity index (χ2n) is 13.4. The number of ether oxygens (including phenoxy) is 4. The van der Waals surface area contributed by atoms with Gasteiger partial charge in [0.1, 0.15) is 0 Å². The fourth-order valence-corrected chi connectivity index (χ4v) is 6.44. The monoisotopic (exact) mass is 716 g/mol. The van der Waals surface area contributed by atoms with Crippen LogP contribution < -0.4 is 0 Å². The minimum atomic E-state index is -4.07. The van der Waals surface area contributed by atoms with Crippen molar-refractivity contribution in [2.24, 2.45) is 5.41 Å². The molecule has 0 unspecified atom stereocenters. The highest BCUT2D eigenvalue weighted by Crippen LogP contribution is 2.22. The highest BCUT2D eigenvalue weighted by atomic mass is 32.2. The Balaban J connectivity index is 4.86. The van der Waals surface area contributed by atoms with Crippen LogP contribution in [0.4, 0.5) is 0 Å².